The zero-order valence-electron chi connectivity index (χ0n) is 14.4. The minimum absolute atomic E-state index is 0.0772. The Labute approximate surface area is 156 Å². The van der Waals surface area contributed by atoms with Crippen LogP contribution in [0.3, 0.4) is 0 Å². The fraction of sp³-hybridized carbons (Fsp3) is 0.222. The highest BCUT2D eigenvalue weighted by Gasteiger charge is 2.22. The van der Waals surface area contributed by atoms with Gasteiger partial charge < -0.3 is 10.1 Å². The van der Waals surface area contributed by atoms with Crippen LogP contribution in [0.15, 0.2) is 58.3 Å². The molecule has 0 aliphatic rings. The predicted octanol–water partition coefficient (Wildman–Crippen LogP) is 3.00. The summed E-state index contributed by atoms with van der Waals surface area (Å²) < 4.78 is 29.2. The van der Waals surface area contributed by atoms with Crippen LogP contribution in [0, 0.1) is 0 Å². The van der Waals surface area contributed by atoms with E-state index in [0.29, 0.717) is 5.69 Å². The van der Waals surface area contributed by atoms with Crippen LogP contribution in [0.25, 0.3) is 0 Å². The number of amides is 1. The SMILES string of the molecule is CCS(=O)(=O)c1ccccc1C(=O)OCC(=O)Nc1ccccc1SC. The van der Waals surface area contributed by atoms with Crippen molar-refractivity contribution in [1.29, 1.82) is 0 Å². The molecule has 0 radical (unpaired) electrons. The molecule has 0 aliphatic heterocycles. The summed E-state index contributed by atoms with van der Waals surface area (Å²) in [5.41, 5.74) is 0.543. The summed E-state index contributed by atoms with van der Waals surface area (Å²) in [6.45, 7) is 0.982. The highest BCUT2D eigenvalue weighted by molar-refractivity contribution is 7.98. The summed E-state index contributed by atoms with van der Waals surface area (Å²) in [5.74, 6) is -1.50. The lowest BCUT2D eigenvalue weighted by Gasteiger charge is -2.11. The zero-order chi connectivity index (χ0) is 19.2. The number of para-hydroxylation sites is 1. The number of sulfone groups is 1. The van der Waals surface area contributed by atoms with Crippen LogP contribution >= 0.6 is 11.8 Å². The van der Waals surface area contributed by atoms with Crippen molar-refractivity contribution < 1.29 is 22.7 Å². The predicted molar refractivity (Wildman–Crippen MR) is 101 cm³/mol. The molecule has 0 aromatic heterocycles. The maximum atomic E-state index is 12.2. The largest absolute Gasteiger partial charge is 0.452 e. The molecular weight excluding hydrogens is 374 g/mol. The first-order valence-electron chi connectivity index (χ1n) is 7.80. The Balaban J connectivity index is 2.07. The molecule has 2 aromatic carbocycles. The van der Waals surface area contributed by atoms with Gasteiger partial charge in [0, 0.05) is 4.90 Å². The van der Waals surface area contributed by atoms with Gasteiger partial charge in [0.1, 0.15) is 0 Å². The van der Waals surface area contributed by atoms with Gasteiger partial charge in [-0.25, -0.2) is 13.2 Å². The molecule has 0 spiro atoms. The molecule has 6 nitrogen and oxygen atoms in total. The van der Waals surface area contributed by atoms with Gasteiger partial charge in [0.25, 0.3) is 5.91 Å². The molecule has 1 N–H and O–H groups in total. The first kappa shape index (κ1) is 20.0. The summed E-state index contributed by atoms with van der Waals surface area (Å²) in [6, 6.07) is 13.0. The molecule has 26 heavy (non-hydrogen) atoms. The molecule has 2 rings (SSSR count). The second kappa shape index (κ2) is 8.86. The topological polar surface area (TPSA) is 89.5 Å². The van der Waals surface area contributed by atoms with Crippen molar-refractivity contribution in [3.05, 3.63) is 54.1 Å². The quantitative estimate of drug-likeness (QED) is 0.575. The Kier molecular flexibility index (Phi) is 6.82. The van der Waals surface area contributed by atoms with Gasteiger partial charge in [-0.1, -0.05) is 31.2 Å². The van der Waals surface area contributed by atoms with Crippen LogP contribution in [0.4, 0.5) is 5.69 Å². The first-order chi connectivity index (χ1) is 12.4. The van der Waals surface area contributed by atoms with E-state index < -0.39 is 28.3 Å². The van der Waals surface area contributed by atoms with Gasteiger partial charge in [-0.05, 0) is 30.5 Å². The summed E-state index contributed by atoms with van der Waals surface area (Å²) in [7, 11) is -3.57. The minimum atomic E-state index is -3.57. The van der Waals surface area contributed by atoms with E-state index in [4.69, 9.17) is 4.74 Å². The third-order valence-corrected chi connectivity index (χ3v) is 6.12. The Morgan fingerprint density at radius 2 is 1.73 bits per heavy atom. The number of ether oxygens (including phenoxy) is 1. The molecule has 1 amide bonds. The highest BCUT2D eigenvalue weighted by Crippen LogP contribution is 2.24. The molecular formula is C18H19NO5S2. The fourth-order valence-electron chi connectivity index (χ4n) is 2.21. The molecule has 2 aromatic rings. The number of benzene rings is 2. The van der Waals surface area contributed by atoms with E-state index in [-0.39, 0.29) is 16.2 Å². The second-order valence-electron chi connectivity index (χ2n) is 5.22. The van der Waals surface area contributed by atoms with Gasteiger partial charge in [0.2, 0.25) is 0 Å². The first-order valence-corrected chi connectivity index (χ1v) is 10.7. The molecule has 0 saturated carbocycles. The van der Waals surface area contributed by atoms with E-state index in [2.05, 4.69) is 5.32 Å². The standard InChI is InChI=1S/C18H19NO5S2/c1-3-26(22,23)16-11-7-4-8-13(16)18(21)24-12-17(20)19-14-9-5-6-10-15(14)25-2/h4-11H,3,12H2,1-2H3,(H,19,20). The van der Waals surface area contributed by atoms with Gasteiger partial charge in [-0.2, -0.15) is 0 Å². The van der Waals surface area contributed by atoms with Gasteiger partial charge in [0.15, 0.2) is 16.4 Å². The molecule has 0 heterocycles. The molecule has 8 heteroatoms. The lowest BCUT2D eigenvalue weighted by atomic mass is 10.2. The Morgan fingerprint density at radius 1 is 1.08 bits per heavy atom. The highest BCUT2D eigenvalue weighted by atomic mass is 32.2. The fourth-order valence-corrected chi connectivity index (χ4v) is 3.84. The molecule has 0 fully saturated rings. The van der Waals surface area contributed by atoms with Crippen LogP contribution in [-0.2, 0) is 19.4 Å². The van der Waals surface area contributed by atoms with E-state index in [9.17, 15) is 18.0 Å². The number of esters is 1. The maximum Gasteiger partial charge on any atom is 0.339 e. The molecule has 0 saturated heterocycles. The summed E-state index contributed by atoms with van der Waals surface area (Å²) in [4.78, 5) is 25.1. The van der Waals surface area contributed by atoms with E-state index >= 15 is 0 Å². The van der Waals surface area contributed by atoms with Crippen molar-refractivity contribution in [2.75, 3.05) is 23.9 Å². The average Bonchev–Trinajstić information content (AvgIpc) is 2.66. The second-order valence-corrected chi connectivity index (χ2v) is 8.32. The monoisotopic (exact) mass is 393 g/mol. The van der Waals surface area contributed by atoms with Crippen molar-refractivity contribution in [3.63, 3.8) is 0 Å². The van der Waals surface area contributed by atoms with E-state index in [0.717, 1.165) is 4.90 Å². The third kappa shape index (κ3) is 4.86. The number of hydrogen-bond acceptors (Lipinski definition) is 6. The zero-order valence-corrected chi connectivity index (χ0v) is 16.0. The minimum Gasteiger partial charge on any atom is -0.452 e. The summed E-state index contributed by atoms with van der Waals surface area (Å²) in [5, 5.41) is 2.67. The van der Waals surface area contributed by atoms with E-state index in [1.54, 1.807) is 18.2 Å². The molecule has 0 aliphatic carbocycles. The van der Waals surface area contributed by atoms with E-state index in [1.165, 1.54) is 36.9 Å². The number of hydrogen-bond donors (Lipinski definition) is 1. The van der Waals surface area contributed by atoms with Crippen LogP contribution < -0.4 is 5.32 Å². The Morgan fingerprint density at radius 3 is 2.42 bits per heavy atom. The maximum absolute atomic E-state index is 12.2. The number of rotatable bonds is 7. The van der Waals surface area contributed by atoms with Gasteiger partial charge in [-0.15, -0.1) is 11.8 Å². The molecule has 138 valence electrons. The van der Waals surface area contributed by atoms with Crippen molar-refractivity contribution in [2.45, 2.75) is 16.7 Å². The van der Waals surface area contributed by atoms with Crippen molar-refractivity contribution in [3.8, 4) is 0 Å². The molecule has 0 atom stereocenters. The number of thioether (sulfide) groups is 1. The molecule has 0 unspecified atom stereocenters. The lowest BCUT2D eigenvalue weighted by molar-refractivity contribution is -0.119. The number of carbonyl (C=O) groups is 2. The number of nitrogens with one attached hydrogen (secondary N) is 1. The number of anilines is 1. The summed E-state index contributed by atoms with van der Waals surface area (Å²) in [6.07, 6.45) is 1.89. The van der Waals surface area contributed by atoms with Crippen LogP contribution in [0.5, 0.6) is 0 Å². The molecule has 0 bridgehead atoms. The van der Waals surface area contributed by atoms with Crippen molar-refractivity contribution in [2.24, 2.45) is 0 Å². The normalized spacial score (nSPS) is 11.0. The van der Waals surface area contributed by atoms with Crippen molar-refractivity contribution >= 4 is 39.2 Å². The Bertz CT molecular complexity index is 909. The van der Waals surface area contributed by atoms with Crippen molar-refractivity contribution in [1.82, 2.24) is 0 Å². The lowest BCUT2D eigenvalue weighted by Crippen LogP contribution is -2.22. The Hall–Kier alpha value is -2.32. The van der Waals surface area contributed by atoms with Crippen LogP contribution in [0.1, 0.15) is 17.3 Å². The van der Waals surface area contributed by atoms with Gasteiger partial charge in [0.05, 0.1) is 21.9 Å². The van der Waals surface area contributed by atoms with Crippen LogP contribution in [0.2, 0.25) is 0 Å². The van der Waals surface area contributed by atoms with Gasteiger partial charge >= 0.3 is 5.97 Å². The third-order valence-electron chi connectivity index (χ3n) is 3.54. The van der Waals surface area contributed by atoms with E-state index in [1.807, 2.05) is 18.4 Å². The summed E-state index contributed by atoms with van der Waals surface area (Å²) >= 11 is 1.48. The average molecular weight is 393 g/mol. The van der Waals surface area contributed by atoms with Crippen LogP contribution in [-0.4, -0.2) is 38.9 Å². The number of carbonyl (C=O) groups excluding carboxylic acids is 2. The smallest absolute Gasteiger partial charge is 0.339 e. The van der Waals surface area contributed by atoms with Gasteiger partial charge in [-0.3, -0.25) is 4.79 Å².